The number of aliphatic hydroxyl groups is 1. The highest BCUT2D eigenvalue weighted by Crippen LogP contribution is 2.02. The second kappa shape index (κ2) is 5.11. The summed E-state index contributed by atoms with van der Waals surface area (Å²) >= 11 is 0. The first-order chi connectivity index (χ1) is 5.54. The molecular weight excluding hydrogens is 158 g/mol. The number of esters is 1. The van der Waals surface area contributed by atoms with E-state index in [0.29, 0.717) is 0 Å². The van der Waals surface area contributed by atoms with Gasteiger partial charge in [-0.05, 0) is 20.9 Å². The number of hydrogen-bond donors (Lipinski definition) is 1. The second-order valence-electron chi connectivity index (χ2n) is 2.90. The van der Waals surface area contributed by atoms with Crippen LogP contribution in [0.15, 0.2) is 0 Å². The Bertz CT molecular complexity index is 149. The molecule has 0 aliphatic carbocycles. The lowest BCUT2D eigenvalue weighted by Gasteiger charge is -2.27. The fraction of sp³-hybridized carbons (Fsp3) is 0.875. The van der Waals surface area contributed by atoms with Crippen molar-refractivity contribution in [3.05, 3.63) is 0 Å². The number of nitrogens with zero attached hydrogens (tertiary/aromatic N) is 1. The number of likely N-dealkylation sites (N-methyl/N-ethyl adjacent to an activating group) is 1. The molecular formula is C8H17NO3. The van der Waals surface area contributed by atoms with Gasteiger partial charge in [-0.15, -0.1) is 0 Å². The molecule has 2 unspecified atom stereocenters. The van der Waals surface area contributed by atoms with Crippen molar-refractivity contribution in [2.24, 2.45) is 0 Å². The van der Waals surface area contributed by atoms with Crippen LogP contribution in [-0.2, 0) is 9.53 Å². The molecule has 0 bridgehead atoms. The van der Waals surface area contributed by atoms with Crippen molar-refractivity contribution in [1.82, 2.24) is 4.90 Å². The summed E-state index contributed by atoms with van der Waals surface area (Å²) in [6, 6.07) is -0.337. The highest BCUT2D eigenvalue weighted by Gasteiger charge is 2.21. The average Bonchev–Trinajstić information content (AvgIpc) is 2.12. The quantitative estimate of drug-likeness (QED) is 0.604. The molecule has 0 aliphatic rings. The summed E-state index contributed by atoms with van der Waals surface area (Å²) in [6.45, 7) is 3.63. The van der Waals surface area contributed by atoms with Crippen molar-refractivity contribution >= 4 is 5.97 Å². The molecule has 0 aromatic carbocycles. The largest absolute Gasteiger partial charge is 0.468 e. The second-order valence-corrected chi connectivity index (χ2v) is 2.90. The molecule has 4 heteroatoms. The van der Waals surface area contributed by atoms with E-state index in [-0.39, 0.29) is 24.7 Å². The van der Waals surface area contributed by atoms with E-state index in [1.54, 1.807) is 18.9 Å². The average molecular weight is 175 g/mol. The van der Waals surface area contributed by atoms with Crippen LogP contribution in [0.5, 0.6) is 0 Å². The predicted molar refractivity (Wildman–Crippen MR) is 45.8 cm³/mol. The number of ether oxygens (including phenoxy) is 1. The molecule has 0 heterocycles. The zero-order chi connectivity index (χ0) is 9.72. The van der Waals surface area contributed by atoms with Crippen LogP contribution in [0.1, 0.15) is 13.8 Å². The van der Waals surface area contributed by atoms with Gasteiger partial charge >= 0.3 is 5.97 Å². The first-order valence-electron chi connectivity index (χ1n) is 3.95. The van der Waals surface area contributed by atoms with Crippen molar-refractivity contribution in [1.29, 1.82) is 0 Å². The van der Waals surface area contributed by atoms with Crippen LogP contribution >= 0.6 is 0 Å². The third kappa shape index (κ3) is 2.79. The summed E-state index contributed by atoms with van der Waals surface area (Å²) in [5.74, 6) is -0.280. The molecule has 0 aromatic rings. The number of rotatable bonds is 4. The Morgan fingerprint density at radius 1 is 1.58 bits per heavy atom. The molecule has 4 nitrogen and oxygen atoms in total. The Morgan fingerprint density at radius 2 is 2.08 bits per heavy atom. The Morgan fingerprint density at radius 3 is 2.42 bits per heavy atom. The van der Waals surface area contributed by atoms with Gasteiger partial charge in [0.2, 0.25) is 0 Å². The van der Waals surface area contributed by atoms with E-state index < -0.39 is 0 Å². The maximum atomic E-state index is 11.0. The highest BCUT2D eigenvalue weighted by atomic mass is 16.5. The molecule has 0 radical (unpaired) electrons. The Kier molecular flexibility index (Phi) is 4.85. The first-order valence-corrected chi connectivity index (χ1v) is 3.95. The Labute approximate surface area is 73.1 Å². The molecule has 0 aliphatic heterocycles. The monoisotopic (exact) mass is 175 g/mol. The zero-order valence-electron chi connectivity index (χ0n) is 8.07. The molecule has 0 spiro atoms. The molecule has 0 saturated carbocycles. The number of carbonyl (C=O) groups is 1. The van der Waals surface area contributed by atoms with E-state index >= 15 is 0 Å². The smallest absolute Gasteiger partial charge is 0.322 e. The summed E-state index contributed by atoms with van der Waals surface area (Å²) in [5.41, 5.74) is 0. The summed E-state index contributed by atoms with van der Waals surface area (Å²) in [6.07, 6.45) is 0. The molecule has 0 amide bonds. The van der Waals surface area contributed by atoms with Gasteiger partial charge in [0.15, 0.2) is 0 Å². The van der Waals surface area contributed by atoms with Gasteiger partial charge in [-0.2, -0.15) is 0 Å². The topological polar surface area (TPSA) is 49.8 Å². The van der Waals surface area contributed by atoms with Gasteiger partial charge in [-0.25, -0.2) is 0 Å². The third-order valence-electron chi connectivity index (χ3n) is 2.11. The minimum atomic E-state index is -0.308. The highest BCUT2D eigenvalue weighted by molar-refractivity contribution is 5.75. The van der Waals surface area contributed by atoms with Crippen LogP contribution in [0.2, 0.25) is 0 Å². The normalized spacial score (nSPS) is 15.8. The summed E-state index contributed by atoms with van der Waals surface area (Å²) < 4.78 is 4.57. The summed E-state index contributed by atoms with van der Waals surface area (Å²) in [4.78, 5) is 12.8. The van der Waals surface area contributed by atoms with Crippen molar-refractivity contribution < 1.29 is 14.6 Å². The van der Waals surface area contributed by atoms with E-state index in [1.165, 1.54) is 7.11 Å². The molecule has 0 fully saturated rings. The van der Waals surface area contributed by atoms with Gasteiger partial charge < -0.3 is 9.84 Å². The molecule has 1 N–H and O–H groups in total. The molecule has 0 saturated heterocycles. The van der Waals surface area contributed by atoms with E-state index in [9.17, 15) is 4.79 Å². The van der Waals surface area contributed by atoms with Crippen LogP contribution in [0.4, 0.5) is 0 Å². The molecule has 0 rings (SSSR count). The van der Waals surface area contributed by atoms with E-state index in [4.69, 9.17) is 5.11 Å². The van der Waals surface area contributed by atoms with Crippen molar-refractivity contribution in [3.63, 3.8) is 0 Å². The number of methoxy groups -OCH3 is 1. The van der Waals surface area contributed by atoms with E-state index in [1.807, 2.05) is 6.92 Å². The fourth-order valence-electron chi connectivity index (χ4n) is 0.847. The maximum absolute atomic E-state index is 11.0. The van der Waals surface area contributed by atoms with Crippen molar-refractivity contribution in [2.45, 2.75) is 25.9 Å². The Hall–Kier alpha value is -0.610. The SMILES string of the molecule is COC(=O)C(C)N(C)C(C)CO. The minimum Gasteiger partial charge on any atom is -0.468 e. The maximum Gasteiger partial charge on any atom is 0.322 e. The fourth-order valence-corrected chi connectivity index (χ4v) is 0.847. The third-order valence-corrected chi connectivity index (χ3v) is 2.11. The molecule has 2 atom stereocenters. The van der Waals surface area contributed by atoms with Gasteiger partial charge in [-0.3, -0.25) is 9.69 Å². The number of aliphatic hydroxyl groups excluding tert-OH is 1. The van der Waals surface area contributed by atoms with Crippen LogP contribution in [0.3, 0.4) is 0 Å². The van der Waals surface area contributed by atoms with Gasteiger partial charge in [0.25, 0.3) is 0 Å². The van der Waals surface area contributed by atoms with Crippen LogP contribution in [0, 0.1) is 0 Å². The lowest BCUT2D eigenvalue weighted by Crippen LogP contribution is -2.43. The summed E-state index contributed by atoms with van der Waals surface area (Å²) in [5, 5.41) is 8.81. The first kappa shape index (κ1) is 11.4. The van der Waals surface area contributed by atoms with Gasteiger partial charge in [0.1, 0.15) is 6.04 Å². The van der Waals surface area contributed by atoms with Gasteiger partial charge in [0, 0.05) is 6.04 Å². The zero-order valence-corrected chi connectivity index (χ0v) is 8.07. The van der Waals surface area contributed by atoms with Crippen LogP contribution in [-0.4, -0.2) is 48.8 Å². The van der Waals surface area contributed by atoms with Crippen molar-refractivity contribution in [2.75, 3.05) is 20.8 Å². The minimum absolute atomic E-state index is 0.0286. The van der Waals surface area contributed by atoms with Gasteiger partial charge in [-0.1, -0.05) is 0 Å². The molecule has 0 aromatic heterocycles. The lowest BCUT2D eigenvalue weighted by atomic mass is 10.2. The molecule has 12 heavy (non-hydrogen) atoms. The Balaban J connectivity index is 4.08. The van der Waals surface area contributed by atoms with E-state index in [2.05, 4.69) is 4.74 Å². The molecule has 72 valence electrons. The van der Waals surface area contributed by atoms with E-state index in [0.717, 1.165) is 0 Å². The van der Waals surface area contributed by atoms with Gasteiger partial charge in [0.05, 0.1) is 13.7 Å². The standard InChI is InChI=1S/C8H17NO3/c1-6(5-10)9(3)7(2)8(11)12-4/h6-7,10H,5H2,1-4H3. The van der Waals surface area contributed by atoms with Crippen LogP contribution in [0.25, 0.3) is 0 Å². The van der Waals surface area contributed by atoms with Crippen molar-refractivity contribution in [3.8, 4) is 0 Å². The van der Waals surface area contributed by atoms with Crippen LogP contribution < -0.4 is 0 Å². The lowest BCUT2D eigenvalue weighted by molar-refractivity contribution is -0.146. The summed E-state index contributed by atoms with van der Waals surface area (Å²) in [7, 11) is 3.14. The predicted octanol–water partition coefficient (Wildman–Crippen LogP) is -0.139. The number of carbonyl (C=O) groups excluding carboxylic acids is 1. The number of hydrogen-bond acceptors (Lipinski definition) is 4.